The van der Waals surface area contributed by atoms with Gasteiger partial charge < -0.3 is 11.1 Å². The van der Waals surface area contributed by atoms with Crippen molar-refractivity contribution in [2.24, 2.45) is 10.7 Å². The number of nitrogens with one attached hydrogen (secondary N) is 1. The monoisotopic (exact) mass is 239 g/mol. The number of aryl methyl sites for hydroxylation is 1. The molecule has 0 fully saturated rings. The van der Waals surface area contributed by atoms with Crippen molar-refractivity contribution in [3.05, 3.63) is 65.7 Å². The zero-order valence-corrected chi connectivity index (χ0v) is 10.4. The number of aliphatic imine (C=N–C) groups is 1. The quantitative estimate of drug-likeness (QED) is 0.639. The summed E-state index contributed by atoms with van der Waals surface area (Å²) >= 11 is 0. The van der Waals surface area contributed by atoms with Crippen molar-refractivity contribution in [3.8, 4) is 0 Å². The van der Waals surface area contributed by atoms with E-state index in [4.69, 9.17) is 5.73 Å². The van der Waals surface area contributed by atoms with Crippen molar-refractivity contribution < 1.29 is 0 Å². The number of para-hydroxylation sites is 1. The lowest BCUT2D eigenvalue weighted by molar-refractivity contribution is 1.06. The van der Waals surface area contributed by atoms with E-state index in [0.717, 1.165) is 11.3 Å². The molecule has 0 saturated carbocycles. The highest BCUT2D eigenvalue weighted by Crippen LogP contribution is 2.06. The van der Waals surface area contributed by atoms with E-state index in [-0.39, 0.29) is 0 Å². The minimum Gasteiger partial charge on any atom is -0.370 e. The molecule has 0 bridgehead atoms. The van der Waals surface area contributed by atoms with Gasteiger partial charge in [0, 0.05) is 5.69 Å². The molecule has 0 aliphatic carbocycles. The van der Waals surface area contributed by atoms with Gasteiger partial charge >= 0.3 is 0 Å². The Morgan fingerprint density at radius 3 is 2.39 bits per heavy atom. The number of hydrogen-bond donors (Lipinski definition) is 2. The lowest BCUT2D eigenvalue weighted by Gasteiger charge is -2.05. The van der Waals surface area contributed by atoms with Crippen LogP contribution in [0.5, 0.6) is 0 Å². The summed E-state index contributed by atoms with van der Waals surface area (Å²) in [4.78, 5) is 4.30. The van der Waals surface area contributed by atoms with E-state index in [2.05, 4.69) is 41.5 Å². The Bertz CT molecular complexity index is 515. The molecule has 92 valence electrons. The van der Waals surface area contributed by atoms with Gasteiger partial charge in [-0.3, -0.25) is 0 Å². The lowest BCUT2D eigenvalue weighted by Crippen LogP contribution is -2.22. The van der Waals surface area contributed by atoms with Crippen LogP contribution in [0.1, 0.15) is 11.1 Å². The Kier molecular flexibility index (Phi) is 3.97. The predicted molar refractivity (Wildman–Crippen MR) is 76.6 cm³/mol. The van der Waals surface area contributed by atoms with Crippen molar-refractivity contribution >= 4 is 11.6 Å². The number of benzene rings is 2. The van der Waals surface area contributed by atoms with Crippen LogP contribution in [0, 0.1) is 6.92 Å². The first-order valence-electron chi connectivity index (χ1n) is 5.91. The van der Waals surface area contributed by atoms with E-state index in [1.807, 2.05) is 30.3 Å². The minimum atomic E-state index is 0.432. The van der Waals surface area contributed by atoms with E-state index < -0.39 is 0 Å². The molecule has 3 heteroatoms. The van der Waals surface area contributed by atoms with Gasteiger partial charge in [-0.2, -0.15) is 0 Å². The maximum atomic E-state index is 5.82. The SMILES string of the molecule is Cc1ccc(CN=C(N)Nc2ccccc2)cc1. The van der Waals surface area contributed by atoms with Crippen molar-refractivity contribution in [2.45, 2.75) is 13.5 Å². The fraction of sp³-hybridized carbons (Fsp3) is 0.133. The molecule has 0 spiro atoms. The van der Waals surface area contributed by atoms with Crippen LogP contribution in [0.4, 0.5) is 5.69 Å². The molecule has 0 aromatic heterocycles. The molecule has 0 heterocycles. The molecular formula is C15H17N3. The van der Waals surface area contributed by atoms with Crippen molar-refractivity contribution in [2.75, 3.05) is 5.32 Å². The summed E-state index contributed by atoms with van der Waals surface area (Å²) in [6, 6.07) is 18.1. The fourth-order valence-corrected chi connectivity index (χ4v) is 1.58. The van der Waals surface area contributed by atoms with Crippen LogP contribution < -0.4 is 11.1 Å². The van der Waals surface area contributed by atoms with E-state index in [1.54, 1.807) is 0 Å². The van der Waals surface area contributed by atoms with Crippen molar-refractivity contribution in [1.82, 2.24) is 0 Å². The molecule has 0 aliphatic heterocycles. The summed E-state index contributed by atoms with van der Waals surface area (Å²) in [5.74, 6) is 0.432. The molecular weight excluding hydrogens is 222 g/mol. The highest BCUT2D eigenvalue weighted by Gasteiger charge is 1.94. The second-order valence-electron chi connectivity index (χ2n) is 4.18. The number of nitrogens with two attached hydrogens (primary N) is 1. The molecule has 2 rings (SSSR count). The fourth-order valence-electron chi connectivity index (χ4n) is 1.58. The van der Waals surface area contributed by atoms with Gasteiger partial charge in [-0.25, -0.2) is 4.99 Å². The molecule has 3 N–H and O–H groups in total. The Morgan fingerprint density at radius 2 is 1.72 bits per heavy atom. The third-order valence-electron chi connectivity index (χ3n) is 2.60. The van der Waals surface area contributed by atoms with Gasteiger partial charge in [-0.15, -0.1) is 0 Å². The van der Waals surface area contributed by atoms with Crippen LogP contribution >= 0.6 is 0 Å². The normalized spacial score (nSPS) is 11.3. The Hall–Kier alpha value is -2.29. The van der Waals surface area contributed by atoms with E-state index >= 15 is 0 Å². The lowest BCUT2D eigenvalue weighted by atomic mass is 10.1. The largest absolute Gasteiger partial charge is 0.370 e. The predicted octanol–water partition coefficient (Wildman–Crippen LogP) is 2.92. The number of rotatable bonds is 3. The highest BCUT2D eigenvalue weighted by atomic mass is 15.1. The Morgan fingerprint density at radius 1 is 1.06 bits per heavy atom. The van der Waals surface area contributed by atoms with E-state index in [0.29, 0.717) is 12.5 Å². The van der Waals surface area contributed by atoms with Crippen LogP contribution in [-0.4, -0.2) is 5.96 Å². The number of hydrogen-bond acceptors (Lipinski definition) is 1. The number of anilines is 1. The van der Waals surface area contributed by atoms with Crippen molar-refractivity contribution in [1.29, 1.82) is 0 Å². The third kappa shape index (κ3) is 3.63. The molecule has 0 radical (unpaired) electrons. The van der Waals surface area contributed by atoms with Gasteiger partial charge in [0.2, 0.25) is 0 Å². The number of guanidine groups is 1. The smallest absolute Gasteiger partial charge is 0.193 e. The summed E-state index contributed by atoms with van der Waals surface area (Å²) < 4.78 is 0. The average Bonchev–Trinajstić information content (AvgIpc) is 2.39. The van der Waals surface area contributed by atoms with E-state index in [9.17, 15) is 0 Å². The van der Waals surface area contributed by atoms with Crippen LogP contribution in [0.3, 0.4) is 0 Å². The Labute approximate surface area is 107 Å². The van der Waals surface area contributed by atoms with Crippen LogP contribution in [-0.2, 0) is 6.54 Å². The molecule has 0 amide bonds. The van der Waals surface area contributed by atoms with E-state index in [1.165, 1.54) is 5.56 Å². The van der Waals surface area contributed by atoms with Gasteiger partial charge in [0.1, 0.15) is 0 Å². The van der Waals surface area contributed by atoms with Gasteiger partial charge in [0.15, 0.2) is 5.96 Å². The first-order valence-corrected chi connectivity index (χ1v) is 5.91. The number of nitrogens with zero attached hydrogens (tertiary/aromatic N) is 1. The van der Waals surface area contributed by atoms with Crippen molar-refractivity contribution in [3.63, 3.8) is 0 Å². The maximum Gasteiger partial charge on any atom is 0.193 e. The molecule has 0 atom stereocenters. The molecule has 2 aromatic carbocycles. The topological polar surface area (TPSA) is 50.4 Å². The third-order valence-corrected chi connectivity index (χ3v) is 2.60. The van der Waals surface area contributed by atoms with Crippen LogP contribution in [0.25, 0.3) is 0 Å². The summed E-state index contributed by atoms with van der Waals surface area (Å²) in [5.41, 5.74) is 9.17. The summed E-state index contributed by atoms with van der Waals surface area (Å²) in [7, 11) is 0. The molecule has 3 nitrogen and oxygen atoms in total. The first-order chi connectivity index (χ1) is 8.74. The second kappa shape index (κ2) is 5.87. The molecule has 2 aromatic rings. The maximum absolute atomic E-state index is 5.82. The molecule has 18 heavy (non-hydrogen) atoms. The minimum absolute atomic E-state index is 0.432. The average molecular weight is 239 g/mol. The summed E-state index contributed by atoms with van der Waals surface area (Å²) in [6.45, 7) is 2.66. The first kappa shape index (κ1) is 12.2. The van der Waals surface area contributed by atoms with Gasteiger partial charge in [-0.05, 0) is 24.6 Å². The molecule has 0 saturated heterocycles. The van der Waals surface area contributed by atoms with Crippen LogP contribution in [0.15, 0.2) is 59.6 Å². The zero-order chi connectivity index (χ0) is 12.8. The van der Waals surface area contributed by atoms with Gasteiger partial charge in [-0.1, -0.05) is 48.0 Å². The summed E-state index contributed by atoms with van der Waals surface area (Å²) in [5, 5.41) is 3.05. The Balaban J connectivity index is 1.95. The standard InChI is InChI=1S/C15H17N3/c1-12-7-9-13(10-8-12)11-17-15(16)18-14-5-3-2-4-6-14/h2-10H,11H2,1H3,(H3,16,17,18). The van der Waals surface area contributed by atoms with Crippen LogP contribution in [0.2, 0.25) is 0 Å². The zero-order valence-electron chi connectivity index (χ0n) is 10.4. The molecule has 0 unspecified atom stereocenters. The second-order valence-corrected chi connectivity index (χ2v) is 4.18. The van der Waals surface area contributed by atoms with Gasteiger partial charge in [0.25, 0.3) is 0 Å². The highest BCUT2D eigenvalue weighted by molar-refractivity contribution is 5.92. The molecule has 0 aliphatic rings. The summed E-state index contributed by atoms with van der Waals surface area (Å²) in [6.07, 6.45) is 0. The van der Waals surface area contributed by atoms with Gasteiger partial charge in [0.05, 0.1) is 6.54 Å².